The maximum absolute atomic E-state index is 13.2. The van der Waals surface area contributed by atoms with Crippen LogP contribution in [0.4, 0.5) is 4.39 Å². The number of hydrogen-bond donors (Lipinski definition) is 0. The van der Waals surface area contributed by atoms with Gasteiger partial charge in [0.05, 0.1) is 12.2 Å². The van der Waals surface area contributed by atoms with Crippen LogP contribution in [0, 0.1) is 18.7 Å². The second kappa shape index (κ2) is 8.54. The normalized spacial score (nSPS) is 17.9. The molecular weight excluding hydrogens is 359 g/mol. The van der Waals surface area contributed by atoms with E-state index in [1.165, 1.54) is 12.1 Å². The third-order valence-corrected chi connectivity index (χ3v) is 5.17. The molecule has 7 heteroatoms. The van der Waals surface area contributed by atoms with Crippen molar-refractivity contribution in [2.45, 2.75) is 46.3 Å². The van der Waals surface area contributed by atoms with Gasteiger partial charge < -0.3 is 9.80 Å². The Bertz CT molecular complexity index is 831. The molecule has 1 aliphatic heterocycles. The highest BCUT2D eigenvalue weighted by molar-refractivity contribution is 5.80. The maximum atomic E-state index is 13.2. The first-order valence-corrected chi connectivity index (χ1v) is 9.64. The monoisotopic (exact) mass is 386 g/mol. The summed E-state index contributed by atoms with van der Waals surface area (Å²) in [6.07, 6.45) is 3.84. The average molecular weight is 386 g/mol. The van der Waals surface area contributed by atoms with E-state index >= 15 is 0 Å². The number of benzene rings is 1. The lowest BCUT2D eigenvalue weighted by molar-refractivity contribution is -0.134. The summed E-state index contributed by atoms with van der Waals surface area (Å²) in [6, 6.07) is 6.12. The van der Waals surface area contributed by atoms with E-state index in [2.05, 4.69) is 18.9 Å². The number of aromatic nitrogens is 2. The van der Waals surface area contributed by atoms with Crippen LogP contribution in [0.1, 0.15) is 31.4 Å². The van der Waals surface area contributed by atoms with Crippen molar-refractivity contribution in [1.29, 1.82) is 0 Å². The van der Waals surface area contributed by atoms with Crippen molar-refractivity contribution in [1.82, 2.24) is 19.6 Å². The van der Waals surface area contributed by atoms with Gasteiger partial charge in [0.1, 0.15) is 12.4 Å². The van der Waals surface area contributed by atoms with Crippen LogP contribution in [0.3, 0.4) is 0 Å². The molecular formula is C21H27FN4O2. The van der Waals surface area contributed by atoms with E-state index in [0.717, 1.165) is 11.1 Å². The molecule has 3 rings (SSSR count). The molecule has 1 aromatic heterocycles. The molecule has 1 aliphatic rings. The summed E-state index contributed by atoms with van der Waals surface area (Å²) in [7, 11) is 0. The minimum atomic E-state index is -0.294. The Hall–Kier alpha value is -2.70. The van der Waals surface area contributed by atoms with Crippen molar-refractivity contribution in [2.24, 2.45) is 5.92 Å². The molecule has 1 unspecified atom stereocenters. The van der Waals surface area contributed by atoms with Crippen molar-refractivity contribution in [3.63, 3.8) is 0 Å². The van der Waals surface area contributed by atoms with Crippen LogP contribution in [-0.2, 0) is 22.7 Å². The van der Waals surface area contributed by atoms with Crippen molar-refractivity contribution in [2.75, 3.05) is 13.1 Å². The first-order chi connectivity index (χ1) is 13.3. The van der Waals surface area contributed by atoms with Crippen LogP contribution in [0.15, 0.2) is 36.7 Å². The maximum Gasteiger partial charge on any atom is 0.244 e. The quantitative estimate of drug-likeness (QED) is 0.794. The van der Waals surface area contributed by atoms with Crippen LogP contribution in [-0.4, -0.2) is 50.5 Å². The highest BCUT2D eigenvalue weighted by Gasteiger charge is 2.33. The van der Waals surface area contributed by atoms with Crippen LogP contribution in [0.25, 0.3) is 0 Å². The van der Waals surface area contributed by atoms with Gasteiger partial charge in [-0.3, -0.25) is 14.3 Å². The third-order valence-electron chi connectivity index (χ3n) is 5.17. The number of nitrogens with zero attached hydrogens (tertiary/aromatic N) is 4. The molecule has 2 amide bonds. The molecule has 6 nitrogen and oxygen atoms in total. The Morgan fingerprint density at radius 1 is 1.29 bits per heavy atom. The van der Waals surface area contributed by atoms with Gasteiger partial charge in [-0.25, -0.2) is 4.39 Å². The summed E-state index contributed by atoms with van der Waals surface area (Å²) in [6.45, 7) is 7.53. The van der Waals surface area contributed by atoms with E-state index in [1.54, 1.807) is 27.9 Å². The summed E-state index contributed by atoms with van der Waals surface area (Å²) < 4.78 is 14.8. The number of amides is 2. The molecule has 2 aromatic rings. The fourth-order valence-corrected chi connectivity index (χ4v) is 3.56. The van der Waals surface area contributed by atoms with E-state index in [4.69, 9.17) is 0 Å². The van der Waals surface area contributed by atoms with Crippen LogP contribution in [0.5, 0.6) is 0 Å². The standard InChI is InChI=1S/C21H27FN4O2/c1-15(2)19-13-24(21(28)14-25-11-16(3)10-23-25)9-8-20(27)26(19)12-17-4-6-18(22)7-5-17/h4-7,10-11,15,19H,8-9,12-14H2,1-3H3. The Morgan fingerprint density at radius 2 is 2.00 bits per heavy atom. The smallest absolute Gasteiger partial charge is 0.244 e. The molecule has 0 saturated carbocycles. The van der Waals surface area contributed by atoms with E-state index in [1.807, 2.05) is 18.0 Å². The Labute approximate surface area is 164 Å². The Morgan fingerprint density at radius 3 is 2.61 bits per heavy atom. The van der Waals surface area contributed by atoms with E-state index in [-0.39, 0.29) is 42.6 Å². The number of hydrogen-bond acceptors (Lipinski definition) is 3. The van der Waals surface area contributed by atoms with Gasteiger partial charge in [0, 0.05) is 32.3 Å². The minimum Gasteiger partial charge on any atom is -0.338 e. The first-order valence-electron chi connectivity index (χ1n) is 9.64. The van der Waals surface area contributed by atoms with Gasteiger partial charge in [0.2, 0.25) is 11.8 Å². The van der Waals surface area contributed by atoms with E-state index < -0.39 is 0 Å². The van der Waals surface area contributed by atoms with Gasteiger partial charge in [0.15, 0.2) is 0 Å². The highest BCUT2D eigenvalue weighted by Crippen LogP contribution is 2.21. The van der Waals surface area contributed by atoms with Crippen LogP contribution in [0.2, 0.25) is 0 Å². The second-order valence-corrected chi connectivity index (χ2v) is 7.76. The summed E-state index contributed by atoms with van der Waals surface area (Å²) in [4.78, 5) is 29.2. The van der Waals surface area contributed by atoms with Gasteiger partial charge in [-0.15, -0.1) is 0 Å². The van der Waals surface area contributed by atoms with Crippen LogP contribution >= 0.6 is 0 Å². The van der Waals surface area contributed by atoms with Gasteiger partial charge in [-0.2, -0.15) is 5.10 Å². The lowest BCUT2D eigenvalue weighted by Crippen LogP contribution is -2.47. The van der Waals surface area contributed by atoms with Gasteiger partial charge >= 0.3 is 0 Å². The summed E-state index contributed by atoms with van der Waals surface area (Å²) in [5.41, 5.74) is 1.89. The lowest BCUT2D eigenvalue weighted by Gasteiger charge is -2.34. The van der Waals surface area contributed by atoms with Crippen molar-refractivity contribution < 1.29 is 14.0 Å². The Balaban J connectivity index is 1.75. The summed E-state index contributed by atoms with van der Waals surface area (Å²) >= 11 is 0. The van der Waals surface area contributed by atoms with Crippen molar-refractivity contribution >= 4 is 11.8 Å². The summed E-state index contributed by atoms with van der Waals surface area (Å²) in [5.74, 6) is -0.125. The number of halogens is 1. The van der Waals surface area contributed by atoms with Gasteiger partial charge in [-0.1, -0.05) is 26.0 Å². The number of carbonyl (C=O) groups excluding carboxylic acids is 2. The molecule has 0 bridgehead atoms. The molecule has 1 atom stereocenters. The molecule has 0 N–H and O–H groups in total. The fourth-order valence-electron chi connectivity index (χ4n) is 3.56. The van der Waals surface area contributed by atoms with E-state index in [0.29, 0.717) is 19.6 Å². The van der Waals surface area contributed by atoms with Gasteiger partial charge in [0.25, 0.3) is 0 Å². The second-order valence-electron chi connectivity index (χ2n) is 7.76. The van der Waals surface area contributed by atoms with Crippen LogP contribution < -0.4 is 0 Å². The molecule has 0 radical (unpaired) electrons. The van der Waals surface area contributed by atoms with Crippen molar-refractivity contribution in [3.05, 3.63) is 53.6 Å². The molecule has 1 saturated heterocycles. The molecule has 0 spiro atoms. The first kappa shape index (κ1) is 20.0. The molecule has 1 aromatic carbocycles. The molecule has 1 fully saturated rings. The average Bonchev–Trinajstić information content (AvgIpc) is 2.97. The zero-order valence-corrected chi connectivity index (χ0v) is 16.6. The number of aryl methyl sites for hydroxylation is 1. The molecule has 0 aliphatic carbocycles. The number of carbonyl (C=O) groups is 2. The SMILES string of the molecule is Cc1cnn(CC(=O)N2CCC(=O)N(Cc3ccc(F)cc3)C(C(C)C)C2)c1. The number of rotatable bonds is 5. The topological polar surface area (TPSA) is 58.4 Å². The lowest BCUT2D eigenvalue weighted by atomic mass is 10.0. The zero-order chi connectivity index (χ0) is 20.3. The molecule has 150 valence electrons. The molecule has 28 heavy (non-hydrogen) atoms. The zero-order valence-electron chi connectivity index (χ0n) is 16.6. The minimum absolute atomic E-state index is 0.0215. The third kappa shape index (κ3) is 4.77. The van der Waals surface area contributed by atoms with E-state index in [9.17, 15) is 14.0 Å². The van der Waals surface area contributed by atoms with Crippen molar-refractivity contribution in [3.8, 4) is 0 Å². The largest absolute Gasteiger partial charge is 0.338 e. The highest BCUT2D eigenvalue weighted by atomic mass is 19.1. The molecule has 2 heterocycles. The summed E-state index contributed by atoms with van der Waals surface area (Å²) in [5, 5.41) is 4.18. The predicted molar refractivity (Wildman–Crippen MR) is 104 cm³/mol. The predicted octanol–water partition coefficient (Wildman–Crippen LogP) is 2.62. The van der Waals surface area contributed by atoms with Gasteiger partial charge in [-0.05, 0) is 36.1 Å². The fraction of sp³-hybridized carbons (Fsp3) is 0.476. The Kier molecular flexibility index (Phi) is 6.11.